The summed E-state index contributed by atoms with van der Waals surface area (Å²) in [4.78, 5) is 22.6. The molecule has 132 heavy (non-hydrogen) atoms. The number of aromatic nitrogens is 5. The molecule has 10 nitrogen and oxygen atoms in total. The molecule has 712 valence electrons. The molecular weight excluding hydrogens is 1620 g/mol. The van der Waals surface area contributed by atoms with Crippen molar-refractivity contribution in [3.8, 4) is 0 Å². The van der Waals surface area contributed by atoms with Gasteiger partial charge in [-0.25, -0.2) is 0 Å². The second-order valence-electron chi connectivity index (χ2n) is 50.3. The number of fused-ring (bicyclic) bond motifs is 25. The van der Waals surface area contributed by atoms with Crippen molar-refractivity contribution in [1.29, 1.82) is 0 Å². The van der Waals surface area contributed by atoms with Gasteiger partial charge in [0.15, 0.2) is 0 Å². The van der Waals surface area contributed by atoms with Crippen molar-refractivity contribution in [3.63, 3.8) is 0 Å². The molecular formula is C122H169N5O5. The van der Waals surface area contributed by atoms with Crippen LogP contribution in [0.5, 0.6) is 0 Å². The van der Waals surface area contributed by atoms with Crippen LogP contribution in [0.2, 0.25) is 0 Å². The second-order valence-corrected chi connectivity index (χ2v) is 50.3. The number of hydrogen-bond donors (Lipinski definition) is 0. The zero-order valence-corrected chi connectivity index (χ0v) is 84.6. The van der Waals surface area contributed by atoms with E-state index in [0.29, 0.717) is 84.7 Å². The Bertz CT molecular complexity index is 4770. The summed E-state index contributed by atoms with van der Waals surface area (Å²) in [5.41, 5.74) is 25.2. The van der Waals surface area contributed by atoms with Crippen LogP contribution in [-0.4, -0.2) is 88.5 Å². The normalized spacial score (nSPS) is 44.2. The SMILES string of the molecule is CCc1cncc(C2=CC[C@H]3[C@@H]4CC[C@@H]5OCCC[C@]5(C)[C@H]4CC[C@]23C)c1.CCc1cncc(C2=CC[C@H]3[C@@H]4CC[C@H]5OCCC[C@]5(C)[C@H]4CC[C@]23C)c1.Cc1cncc(C2=CC[C@H]3[C@@H]4CC[C@@H]5OCCC[C@]5(C)[C@H]4CC[C@]23C)c1.Cc1cncc(C2=CC[C@H]3[C@@H]4CC[C@@H]5OCCC[C@]5(C)[C@H]4CC[C@]23C)c1.Cc1cncc(C2=CC[C@H]3[C@@H]4CC[C@H]5OCCC[C@]5(C)[C@H]4CC[C@]23C)c1. The lowest BCUT2D eigenvalue weighted by Crippen LogP contribution is -2.55. The van der Waals surface area contributed by atoms with E-state index in [2.05, 4.69) is 220 Å². The molecule has 10 heterocycles. The lowest BCUT2D eigenvalue weighted by Gasteiger charge is -2.59. The van der Waals surface area contributed by atoms with Gasteiger partial charge in [-0.3, -0.25) is 24.9 Å². The molecule has 10 saturated carbocycles. The molecule has 10 heteroatoms. The third-order valence-corrected chi connectivity index (χ3v) is 44.3. The summed E-state index contributed by atoms with van der Waals surface area (Å²) in [5, 5.41) is 0. The Morgan fingerprint density at radius 2 is 0.447 bits per heavy atom. The largest absolute Gasteiger partial charge is 0.378 e. The van der Waals surface area contributed by atoms with Crippen molar-refractivity contribution in [2.24, 2.45) is 143 Å². The number of allylic oxidation sites excluding steroid dienone is 10. The molecule has 5 aromatic rings. The molecule has 0 amide bonds. The fraction of sp³-hybridized carbons (Fsp3) is 0.713. The standard InChI is InChI=1S/2C25H35NO.3C24H33NO/c2*1-4-17-14-18(16-26-15-17)20-7-8-21-19-6-9-23-25(3,11-5-13-27-23)22(19)10-12-24(20,21)2;3*1-16-13-17(15-25-14-16)19-6-7-20-18-5-8-22-24(3,10-4-12-26-22)21(18)9-11-23(19,20)2/h2*7,14-16,19,21-23H,4-6,8-13H2,1-3H3;3*6,13-15,18,20-22H,4-5,7-12H2,1-3H3/t19-,21-,22-,23+,24+,25+;19-,21-,22-,23-,24+,25+;18-,20-,21-,22+,23+,24+;2*18-,20-,21-,22-,23+,24+/m00000/s1. The first-order valence-electron chi connectivity index (χ1n) is 54.9. The van der Waals surface area contributed by atoms with Crippen LogP contribution in [0.3, 0.4) is 0 Å². The van der Waals surface area contributed by atoms with Crippen molar-refractivity contribution in [3.05, 3.63) is 178 Å². The zero-order valence-electron chi connectivity index (χ0n) is 84.6. The average Bonchev–Trinajstić information content (AvgIpc) is 1.22. The lowest BCUT2D eigenvalue weighted by atomic mass is 9.47. The molecule has 5 aliphatic heterocycles. The fourth-order valence-electron chi connectivity index (χ4n) is 37.4. The Labute approximate surface area is 797 Å². The van der Waals surface area contributed by atoms with E-state index in [9.17, 15) is 0 Å². The van der Waals surface area contributed by atoms with E-state index in [-0.39, 0.29) is 0 Å². The Balaban J connectivity index is 0.0000000995. The molecule has 0 radical (unpaired) electrons. The number of nitrogens with zero attached hydrogens (tertiary/aromatic N) is 5. The zero-order chi connectivity index (χ0) is 91.1. The van der Waals surface area contributed by atoms with E-state index in [1.165, 1.54) is 280 Å². The number of hydrogen-bond acceptors (Lipinski definition) is 10. The third kappa shape index (κ3) is 15.6. The maximum atomic E-state index is 6.27. The Morgan fingerprint density at radius 3 is 0.652 bits per heavy atom. The van der Waals surface area contributed by atoms with Gasteiger partial charge in [0, 0.05) is 95.0 Å². The van der Waals surface area contributed by atoms with Gasteiger partial charge < -0.3 is 23.7 Å². The molecule has 25 rings (SSSR count). The minimum atomic E-state index is 0.341. The topological polar surface area (TPSA) is 111 Å². The highest BCUT2D eigenvalue weighted by molar-refractivity contribution is 5.77. The van der Waals surface area contributed by atoms with Gasteiger partial charge in [-0.1, -0.05) is 113 Å². The molecule has 0 spiro atoms. The minimum Gasteiger partial charge on any atom is -0.378 e. The highest BCUT2D eigenvalue weighted by Gasteiger charge is 2.66. The van der Waals surface area contributed by atoms with Crippen LogP contribution >= 0.6 is 0 Å². The van der Waals surface area contributed by atoms with Gasteiger partial charge in [0.2, 0.25) is 0 Å². The summed E-state index contributed by atoms with van der Waals surface area (Å²) < 4.78 is 31.3. The minimum absolute atomic E-state index is 0.341. The van der Waals surface area contributed by atoms with Crippen LogP contribution in [0, 0.1) is 164 Å². The molecule has 20 aliphatic rings. The Kier molecular flexibility index (Phi) is 25.4. The highest BCUT2D eigenvalue weighted by atomic mass is 16.5. The lowest BCUT2D eigenvalue weighted by molar-refractivity contribution is -0.168. The summed E-state index contributed by atoms with van der Waals surface area (Å²) in [6, 6.07) is 11.8. The predicted octanol–water partition coefficient (Wildman–Crippen LogP) is 29.5. The highest BCUT2D eigenvalue weighted by Crippen LogP contribution is 2.73. The van der Waals surface area contributed by atoms with E-state index in [4.69, 9.17) is 23.7 Å². The molecule has 5 aromatic heterocycles. The van der Waals surface area contributed by atoms with Gasteiger partial charge in [0.05, 0.1) is 30.5 Å². The van der Waals surface area contributed by atoms with Crippen LogP contribution in [0.25, 0.3) is 27.9 Å². The average molecular weight is 1790 g/mol. The van der Waals surface area contributed by atoms with Crippen molar-refractivity contribution >= 4 is 27.9 Å². The molecule has 0 unspecified atom stereocenters. The van der Waals surface area contributed by atoms with Crippen LogP contribution in [0.4, 0.5) is 0 Å². The van der Waals surface area contributed by atoms with Gasteiger partial charge in [-0.15, -0.1) is 0 Å². The third-order valence-electron chi connectivity index (χ3n) is 44.3. The van der Waals surface area contributed by atoms with E-state index in [0.717, 1.165) is 135 Å². The Morgan fingerprint density at radius 1 is 0.242 bits per heavy atom. The fourth-order valence-corrected chi connectivity index (χ4v) is 37.4. The molecule has 0 bridgehead atoms. The first-order valence-corrected chi connectivity index (χ1v) is 54.9. The number of pyridine rings is 5. The van der Waals surface area contributed by atoms with Gasteiger partial charge in [0.25, 0.3) is 0 Å². The molecule has 15 aliphatic carbocycles. The molecule has 30 atom stereocenters. The first-order chi connectivity index (χ1) is 63.7. The maximum absolute atomic E-state index is 6.27. The van der Waals surface area contributed by atoms with E-state index >= 15 is 0 Å². The first kappa shape index (κ1) is 92.6. The monoisotopic (exact) mass is 1780 g/mol. The Hall–Kier alpha value is -5.75. The van der Waals surface area contributed by atoms with Crippen LogP contribution in [0.15, 0.2) is 123 Å². The van der Waals surface area contributed by atoms with Crippen LogP contribution < -0.4 is 0 Å². The summed E-state index contributed by atoms with van der Waals surface area (Å²) >= 11 is 0. The molecule has 15 fully saturated rings. The van der Waals surface area contributed by atoms with Gasteiger partial charge in [0.1, 0.15) is 0 Å². The van der Waals surface area contributed by atoms with Crippen molar-refractivity contribution in [2.75, 3.05) is 33.0 Å². The number of aryl methyl sites for hydroxylation is 5. The molecule has 0 aromatic carbocycles. The smallest absolute Gasteiger partial charge is 0.0631 e. The number of rotatable bonds is 7. The van der Waals surface area contributed by atoms with E-state index in [1.54, 1.807) is 27.9 Å². The summed E-state index contributed by atoms with van der Waals surface area (Å²) in [7, 11) is 0. The van der Waals surface area contributed by atoms with Crippen LogP contribution in [-0.2, 0) is 36.5 Å². The summed E-state index contributed by atoms with van der Waals surface area (Å²) in [6.45, 7) is 41.5. The summed E-state index contributed by atoms with van der Waals surface area (Å²) in [6.07, 6.45) is 84.5. The van der Waals surface area contributed by atoms with Crippen molar-refractivity contribution < 1.29 is 23.7 Å². The molecule has 0 N–H and O–H groups in total. The second kappa shape index (κ2) is 36.2. The van der Waals surface area contributed by atoms with E-state index < -0.39 is 0 Å². The van der Waals surface area contributed by atoms with Crippen molar-refractivity contribution in [2.45, 2.75) is 372 Å². The molecule has 5 saturated heterocycles. The van der Waals surface area contributed by atoms with Gasteiger partial charge in [-0.2, -0.15) is 0 Å². The predicted molar refractivity (Wildman–Crippen MR) is 538 cm³/mol. The van der Waals surface area contributed by atoms with Crippen molar-refractivity contribution in [1.82, 2.24) is 24.9 Å². The van der Waals surface area contributed by atoms with Crippen LogP contribution in [0.1, 0.15) is 363 Å². The summed E-state index contributed by atoms with van der Waals surface area (Å²) in [5.74, 6) is 12.8. The van der Waals surface area contributed by atoms with E-state index in [1.807, 2.05) is 31.0 Å². The maximum Gasteiger partial charge on any atom is 0.0631 e. The number of ether oxygens (including phenoxy) is 5. The van der Waals surface area contributed by atoms with Gasteiger partial charge in [-0.05, 0) is 515 Å². The quantitative estimate of drug-likeness (QED) is 0.156. The van der Waals surface area contributed by atoms with Gasteiger partial charge >= 0.3 is 0 Å².